The number of nitrogens with zero attached hydrogens (tertiary/aromatic N) is 1. The molecule has 2 heterocycles. The van der Waals surface area contributed by atoms with E-state index in [0.717, 1.165) is 20.2 Å². The molecule has 2 aromatic heterocycles. The second-order valence-electron chi connectivity index (χ2n) is 5.43. The number of fused-ring (bicyclic) bond motifs is 1. The Hall–Kier alpha value is -2.19. The van der Waals surface area contributed by atoms with Crippen LogP contribution in [-0.2, 0) is 16.1 Å². The summed E-state index contributed by atoms with van der Waals surface area (Å²) < 4.78 is 6.67. The molecule has 0 spiro atoms. The van der Waals surface area contributed by atoms with Gasteiger partial charge in [-0.1, -0.05) is 28.1 Å². The van der Waals surface area contributed by atoms with E-state index in [1.807, 2.05) is 29.6 Å². The van der Waals surface area contributed by atoms with Crippen molar-refractivity contribution in [3.05, 3.63) is 55.0 Å². The Labute approximate surface area is 155 Å². The fourth-order valence-electron chi connectivity index (χ4n) is 2.58. The minimum atomic E-state index is -0.466. The number of hydrogen-bond acceptors (Lipinski definition) is 5. The van der Waals surface area contributed by atoms with Gasteiger partial charge in [-0.3, -0.25) is 19.1 Å². The summed E-state index contributed by atoms with van der Waals surface area (Å²) in [7, 11) is 1.31. The monoisotopic (exact) mass is 422 g/mol. The third-order valence-electron chi connectivity index (χ3n) is 3.86. The Morgan fingerprint density at radius 3 is 2.68 bits per heavy atom. The first-order chi connectivity index (χ1) is 12.0. The molecule has 3 rings (SSSR count). The van der Waals surface area contributed by atoms with Gasteiger partial charge in [0.25, 0.3) is 5.56 Å². The van der Waals surface area contributed by atoms with Crippen LogP contribution in [-0.4, -0.2) is 22.6 Å². The van der Waals surface area contributed by atoms with Crippen LogP contribution in [0.25, 0.3) is 21.3 Å². The Bertz CT molecular complexity index is 1030. The molecule has 0 bridgehead atoms. The molecule has 0 unspecified atom stereocenters. The molecule has 0 saturated heterocycles. The molecule has 1 aromatic carbocycles. The number of ether oxygens (including phenoxy) is 1. The number of carbonyl (C=O) groups is 1. The minimum Gasteiger partial charge on any atom is -0.469 e. The summed E-state index contributed by atoms with van der Waals surface area (Å²) in [6.45, 7) is 0.162. The smallest absolute Gasteiger partial charge is 0.329 e. The number of rotatable bonds is 5. The van der Waals surface area contributed by atoms with Crippen molar-refractivity contribution >= 4 is 43.5 Å². The highest BCUT2D eigenvalue weighted by Gasteiger charge is 2.15. The number of methoxy groups -OCH3 is 1. The molecule has 0 amide bonds. The Morgan fingerprint density at radius 1 is 1.28 bits per heavy atom. The van der Waals surface area contributed by atoms with Gasteiger partial charge in [0.05, 0.1) is 12.5 Å². The van der Waals surface area contributed by atoms with Crippen LogP contribution in [0.5, 0.6) is 0 Å². The zero-order chi connectivity index (χ0) is 18.0. The first-order valence-electron chi connectivity index (χ1n) is 7.58. The van der Waals surface area contributed by atoms with Crippen molar-refractivity contribution in [2.45, 2.75) is 19.4 Å². The largest absolute Gasteiger partial charge is 0.469 e. The van der Waals surface area contributed by atoms with Crippen LogP contribution < -0.4 is 11.2 Å². The number of aromatic nitrogens is 2. The van der Waals surface area contributed by atoms with Crippen LogP contribution >= 0.6 is 27.3 Å². The zero-order valence-corrected chi connectivity index (χ0v) is 15.8. The van der Waals surface area contributed by atoms with Crippen molar-refractivity contribution in [3.8, 4) is 11.1 Å². The van der Waals surface area contributed by atoms with Gasteiger partial charge in [-0.25, -0.2) is 4.79 Å². The first kappa shape index (κ1) is 17.6. The number of carbonyl (C=O) groups excluding carboxylic acids is 1. The summed E-state index contributed by atoms with van der Waals surface area (Å²) in [5.74, 6) is -0.364. The van der Waals surface area contributed by atoms with Crippen molar-refractivity contribution < 1.29 is 9.53 Å². The molecular weight excluding hydrogens is 408 g/mol. The fraction of sp³-hybridized carbons (Fsp3) is 0.235. The number of thiophene rings is 1. The number of benzene rings is 1. The Kier molecular flexibility index (Phi) is 5.19. The van der Waals surface area contributed by atoms with Crippen molar-refractivity contribution in [3.63, 3.8) is 0 Å². The van der Waals surface area contributed by atoms with E-state index < -0.39 is 5.69 Å². The lowest BCUT2D eigenvalue weighted by Crippen LogP contribution is -2.35. The Morgan fingerprint density at radius 2 is 2.00 bits per heavy atom. The maximum atomic E-state index is 12.8. The summed E-state index contributed by atoms with van der Waals surface area (Å²) in [6.07, 6.45) is 0.516. The van der Waals surface area contributed by atoms with Crippen molar-refractivity contribution in [2.24, 2.45) is 0 Å². The van der Waals surface area contributed by atoms with E-state index in [1.54, 1.807) is 0 Å². The van der Waals surface area contributed by atoms with Gasteiger partial charge in [-0.05, 0) is 24.1 Å². The molecule has 0 atom stereocenters. The van der Waals surface area contributed by atoms with Crippen LogP contribution in [0.3, 0.4) is 0 Å². The molecule has 0 fully saturated rings. The quantitative estimate of drug-likeness (QED) is 0.640. The highest BCUT2D eigenvalue weighted by Crippen LogP contribution is 2.30. The molecule has 0 aliphatic rings. The lowest BCUT2D eigenvalue weighted by molar-refractivity contribution is -0.140. The molecule has 0 radical (unpaired) electrons. The van der Waals surface area contributed by atoms with E-state index in [1.165, 1.54) is 18.4 Å². The SMILES string of the molecule is COC(=O)CCCn1c(=O)[nH]c2scc(-c3ccc(Br)cc3)c2c1=O. The van der Waals surface area contributed by atoms with E-state index in [4.69, 9.17) is 0 Å². The van der Waals surface area contributed by atoms with Crippen molar-refractivity contribution in [2.75, 3.05) is 7.11 Å². The average Bonchev–Trinajstić information content (AvgIpc) is 3.02. The maximum absolute atomic E-state index is 12.8. The van der Waals surface area contributed by atoms with Crippen LogP contribution in [0.15, 0.2) is 43.7 Å². The molecule has 1 N–H and O–H groups in total. The van der Waals surface area contributed by atoms with Crippen LogP contribution in [0.2, 0.25) is 0 Å². The van der Waals surface area contributed by atoms with E-state index in [9.17, 15) is 14.4 Å². The van der Waals surface area contributed by atoms with Crippen LogP contribution in [0, 0.1) is 0 Å². The lowest BCUT2D eigenvalue weighted by Gasteiger charge is -2.06. The number of halogens is 1. The third kappa shape index (κ3) is 3.59. The summed E-state index contributed by atoms with van der Waals surface area (Å²) in [5, 5.41) is 2.36. The number of H-pyrrole nitrogens is 1. The van der Waals surface area contributed by atoms with Crippen molar-refractivity contribution in [1.82, 2.24) is 9.55 Å². The van der Waals surface area contributed by atoms with Crippen LogP contribution in [0.1, 0.15) is 12.8 Å². The molecule has 3 aromatic rings. The molecule has 0 aliphatic carbocycles. The van der Waals surface area contributed by atoms with Crippen LogP contribution in [0.4, 0.5) is 0 Å². The van der Waals surface area contributed by atoms with Gasteiger partial charge in [-0.15, -0.1) is 11.3 Å². The molecule has 0 aliphatic heterocycles. The number of hydrogen-bond donors (Lipinski definition) is 1. The topological polar surface area (TPSA) is 81.2 Å². The van der Waals surface area contributed by atoms with Crippen molar-refractivity contribution in [1.29, 1.82) is 0 Å². The molecule has 6 nitrogen and oxygen atoms in total. The standard InChI is InChI=1S/C17H15BrN2O4S/c1-24-13(21)3-2-8-20-16(22)14-12(9-25-15(14)19-17(20)23)10-4-6-11(18)7-5-10/h4-7,9H,2-3,8H2,1H3,(H,19,23). The van der Waals surface area contributed by atoms with E-state index >= 15 is 0 Å². The predicted octanol–water partition coefficient (Wildman–Crippen LogP) is 3.13. The summed E-state index contributed by atoms with van der Waals surface area (Å²) >= 11 is 4.72. The number of nitrogens with one attached hydrogen (secondary N) is 1. The zero-order valence-electron chi connectivity index (χ0n) is 13.4. The van der Waals surface area contributed by atoms with Gasteiger partial charge in [0.2, 0.25) is 0 Å². The molecular formula is C17H15BrN2O4S. The van der Waals surface area contributed by atoms with E-state index in [0.29, 0.717) is 16.6 Å². The third-order valence-corrected chi connectivity index (χ3v) is 5.29. The van der Waals surface area contributed by atoms with Gasteiger partial charge in [0.15, 0.2) is 0 Å². The summed E-state index contributed by atoms with van der Waals surface area (Å²) in [6, 6.07) is 7.63. The van der Waals surface area contributed by atoms with Gasteiger partial charge in [0.1, 0.15) is 4.83 Å². The molecule has 25 heavy (non-hydrogen) atoms. The Balaban J connectivity index is 2.03. The summed E-state index contributed by atoms with van der Waals surface area (Å²) in [5.41, 5.74) is 0.879. The molecule has 8 heteroatoms. The second kappa shape index (κ2) is 7.37. The molecule has 0 saturated carbocycles. The minimum absolute atomic E-state index is 0.156. The van der Waals surface area contributed by atoms with E-state index in [-0.39, 0.29) is 24.5 Å². The van der Waals surface area contributed by atoms with Gasteiger partial charge >= 0.3 is 11.7 Å². The van der Waals surface area contributed by atoms with Gasteiger partial charge in [0, 0.05) is 28.4 Å². The normalized spacial score (nSPS) is 11.0. The maximum Gasteiger partial charge on any atom is 0.329 e. The van der Waals surface area contributed by atoms with E-state index in [2.05, 4.69) is 25.7 Å². The lowest BCUT2D eigenvalue weighted by atomic mass is 10.1. The predicted molar refractivity (Wildman–Crippen MR) is 101 cm³/mol. The average molecular weight is 423 g/mol. The second-order valence-corrected chi connectivity index (χ2v) is 7.22. The van der Waals surface area contributed by atoms with Gasteiger partial charge in [-0.2, -0.15) is 0 Å². The number of aromatic amines is 1. The fourth-order valence-corrected chi connectivity index (χ4v) is 3.80. The molecule has 130 valence electrons. The highest BCUT2D eigenvalue weighted by molar-refractivity contribution is 9.10. The number of esters is 1. The van der Waals surface area contributed by atoms with Gasteiger partial charge < -0.3 is 4.74 Å². The highest BCUT2D eigenvalue weighted by atomic mass is 79.9. The summed E-state index contributed by atoms with van der Waals surface area (Å²) in [4.78, 5) is 39.5. The first-order valence-corrected chi connectivity index (χ1v) is 9.25.